The van der Waals surface area contributed by atoms with Gasteiger partial charge in [0.05, 0.1) is 28.9 Å². The highest BCUT2D eigenvalue weighted by atomic mass is 35.5. The zero-order valence-electron chi connectivity index (χ0n) is 8.69. The van der Waals surface area contributed by atoms with E-state index in [-0.39, 0.29) is 6.04 Å². The Morgan fingerprint density at radius 2 is 2.12 bits per heavy atom. The second kappa shape index (κ2) is 4.45. The molecule has 5 heteroatoms. The van der Waals surface area contributed by atoms with Gasteiger partial charge in [-0.25, -0.2) is 4.98 Å². The molecule has 2 rings (SSSR count). The minimum Gasteiger partial charge on any atom is -0.323 e. The average molecular weight is 256 g/mol. The van der Waals surface area contributed by atoms with Gasteiger partial charge in [-0.05, 0) is 25.1 Å². The fourth-order valence-corrected chi connectivity index (χ4v) is 2.02. The van der Waals surface area contributed by atoms with E-state index in [1.807, 2.05) is 17.6 Å². The van der Waals surface area contributed by atoms with Crippen molar-refractivity contribution in [1.29, 1.82) is 0 Å². The third-order valence-corrected chi connectivity index (χ3v) is 2.84. The largest absolute Gasteiger partial charge is 0.323 e. The zero-order chi connectivity index (χ0) is 11.7. The first kappa shape index (κ1) is 11.5. The molecule has 1 aromatic heterocycles. The molecule has 2 N–H and O–H groups in total. The van der Waals surface area contributed by atoms with Crippen LogP contribution in [0.3, 0.4) is 0 Å². The third kappa shape index (κ3) is 2.07. The van der Waals surface area contributed by atoms with Crippen molar-refractivity contribution in [3.8, 4) is 5.69 Å². The lowest BCUT2D eigenvalue weighted by Gasteiger charge is -2.12. The minimum absolute atomic E-state index is 0.103. The molecule has 1 aromatic carbocycles. The Balaban J connectivity index is 2.54. The maximum absolute atomic E-state index is 6.12. The van der Waals surface area contributed by atoms with Crippen molar-refractivity contribution in [3.05, 3.63) is 46.5 Å². The van der Waals surface area contributed by atoms with Crippen LogP contribution in [0.4, 0.5) is 0 Å². The molecule has 1 heterocycles. The summed E-state index contributed by atoms with van der Waals surface area (Å²) in [6.07, 6.45) is 3.42. The van der Waals surface area contributed by atoms with Crippen LogP contribution in [0, 0.1) is 0 Å². The average Bonchev–Trinajstić information content (AvgIpc) is 2.66. The van der Waals surface area contributed by atoms with E-state index in [9.17, 15) is 0 Å². The van der Waals surface area contributed by atoms with Crippen molar-refractivity contribution in [1.82, 2.24) is 9.55 Å². The smallest absolute Gasteiger partial charge is 0.0995 e. The van der Waals surface area contributed by atoms with Crippen molar-refractivity contribution >= 4 is 23.2 Å². The second-order valence-corrected chi connectivity index (χ2v) is 4.42. The number of hydrogen-bond acceptors (Lipinski definition) is 2. The number of hydrogen-bond donors (Lipinski definition) is 1. The van der Waals surface area contributed by atoms with Crippen LogP contribution in [0.1, 0.15) is 18.7 Å². The van der Waals surface area contributed by atoms with E-state index in [2.05, 4.69) is 4.98 Å². The zero-order valence-corrected chi connectivity index (χ0v) is 10.2. The molecular weight excluding hydrogens is 245 g/mol. The van der Waals surface area contributed by atoms with Gasteiger partial charge in [0.2, 0.25) is 0 Å². The van der Waals surface area contributed by atoms with Crippen molar-refractivity contribution in [2.24, 2.45) is 5.73 Å². The highest BCUT2D eigenvalue weighted by Gasteiger charge is 2.10. The first-order valence-electron chi connectivity index (χ1n) is 4.83. The Morgan fingerprint density at radius 1 is 1.38 bits per heavy atom. The van der Waals surface area contributed by atoms with E-state index in [1.54, 1.807) is 24.7 Å². The maximum Gasteiger partial charge on any atom is 0.0995 e. The second-order valence-electron chi connectivity index (χ2n) is 3.57. The molecule has 0 saturated carbocycles. The lowest BCUT2D eigenvalue weighted by atomic mass is 10.2. The fourth-order valence-electron chi connectivity index (χ4n) is 1.52. The van der Waals surface area contributed by atoms with Gasteiger partial charge in [0.25, 0.3) is 0 Å². The molecule has 0 bridgehead atoms. The molecule has 0 radical (unpaired) electrons. The van der Waals surface area contributed by atoms with Crippen LogP contribution in [-0.4, -0.2) is 9.55 Å². The summed E-state index contributed by atoms with van der Waals surface area (Å²) < 4.78 is 1.86. The van der Waals surface area contributed by atoms with Crippen molar-refractivity contribution < 1.29 is 0 Å². The summed E-state index contributed by atoms with van der Waals surface area (Å²) in [4.78, 5) is 4.07. The van der Waals surface area contributed by atoms with Gasteiger partial charge in [0.1, 0.15) is 0 Å². The van der Waals surface area contributed by atoms with E-state index in [0.717, 1.165) is 11.4 Å². The number of nitrogens with zero attached hydrogens (tertiary/aromatic N) is 2. The summed E-state index contributed by atoms with van der Waals surface area (Å²) in [5.74, 6) is 0. The number of halogens is 2. The summed E-state index contributed by atoms with van der Waals surface area (Å²) in [6, 6.07) is 5.23. The SMILES string of the molecule is C[C@H](N)c1cncn1-c1ccc(Cl)cc1Cl. The molecule has 16 heavy (non-hydrogen) atoms. The van der Waals surface area contributed by atoms with Crippen LogP contribution in [0.5, 0.6) is 0 Å². The number of benzene rings is 1. The third-order valence-electron chi connectivity index (χ3n) is 2.30. The number of imidazole rings is 1. The summed E-state index contributed by atoms with van der Waals surface area (Å²) in [6.45, 7) is 1.90. The van der Waals surface area contributed by atoms with Crippen LogP contribution in [0.2, 0.25) is 10.0 Å². The molecule has 2 aromatic rings. The van der Waals surface area contributed by atoms with Gasteiger partial charge in [0, 0.05) is 11.1 Å². The normalized spacial score (nSPS) is 12.8. The predicted octanol–water partition coefficient (Wildman–Crippen LogP) is 3.20. The summed E-state index contributed by atoms with van der Waals surface area (Å²) >= 11 is 12.0. The molecule has 1 atom stereocenters. The van der Waals surface area contributed by atoms with Crippen molar-refractivity contribution in [2.45, 2.75) is 13.0 Å². The summed E-state index contributed by atoms with van der Waals surface area (Å²) in [7, 11) is 0. The van der Waals surface area contributed by atoms with Gasteiger partial charge in [-0.3, -0.25) is 0 Å². The molecular formula is C11H11Cl2N3. The van der Waals surface area contributed by atoms with Crippen LogP contribution >= 0.6 is 23.2 Å². The van der Waals surface area contributed by atoms with E-state index < -0.39 is 0 Å². The first-order valence-corrected chi connectivity index (χ1v) is 5.58. The fraction of sp³-hybridized carbons (Fsp3) is 0.182. The highest BCUT2D eigenvalue weighted by Crippen LogP contribution is 2.26. The molecule has 0 saturated heterocycles. The van der Waals surface area contributed by atoms with Crippen molar-refractivity contribution in [2.75, 3.05) is 0 Å². The monoisotopic (exact) mass is 255 g/mol. The predicted molar refractivity (Wildman–Crippen MR) is 66.2 cm³/mol. The molecule has 3 nitrogen and oxygen atoms in total. The van der Waals surface area contributed by atoms with Gasteiger partial charge in [-0.1, -0.05) is 23.2 Å². The summed E-state index contributed by atoms with van der Waals surface area (Å²) in [5.41, 5.74) is 7.58. The maximum atomic E-state index is 6.12. The Morgan fingerprint density at radius 3 is 2.75 bits per heavy atom. The molecule has 0 spiro atoms. The van der Waals surface area contributed by atoms with E-state index in [4.69, 9.17) is 28.9 Å². The Kier molecular flexibility index (Phi) is 3.19. The summed E-state index contributed by atoms with van der Waals surface area (Å²) in [5, 5.41) is 1.18. The van der Waals surface area contributed by atoms with Crippen LogP contribution in [-0.2, 0) is 0 Å². The number of nitrogens with two attached hydrogens (primary N) is 1. The Bertz CT molecular complexity index is 506. The molecule has 84 valence electrons. The van der Waals surface area contributed by atoms with E-state index >= 15 is 0 Å². The van der Waals surface area contributed by atoms with Crippen molar-refractivity contribution in [3.63, 3.8) is 0 Å². The van der Waals surface area contributed by atoms with E-state index in [0.29, 0.717) is 10.0 Å². The Hall–Kier alpha value is -1.03. The van der Waals surface area contributed by atoms with Gasteiger partial charge < -0.3 is 10.3 Å². The van der Waals surface area contributed by atoms with E-state index in [1.165, 1.54) is 0 Å². The highest BCUT2D eigenvalue weighted by molar-refractivity contribution is 6.35. The van der Waals surface area contributed by atoms with Gasteiger partial charge in [-0.2, -0.15) is 0 Å². The number of rotatable bonds is 2. The lowest BCUT2D eigenvalue weighted by Crippen LogP contribution is -2.10. The van der Waals surface area contributed by atoms with Crippen LogP contribution in [0.25, 0.3) is 5.69 Å². The number of aromatic nitrogens is 2. The lowest BCUT2D eigenvalue weighted by molar-refractivity contribution is 0.752. The molecule has 0 aliphatic heterocycles. The molecule has 0 aliphatic carbocycles. The Labute approximate surface area is 104 Å². The van der Waals surface area contributed by atoms with Crippen LogP contribution < -0.4 is 5.73 Å². The van der Waals surface area contributed by atoms with Crippen LogP contribution in [0.15, 0.2) is 30.7 Å². The molecule has 0 aliphatic rings. The topological polar surface area (TPSA) is 43.8 Å². The minimum atomic E-state index is -0.103. The molecule has 0 fully saturated rings. The van der Waals surface area contributed by atoms with Gasteiger partial charge in [-0.15, -0.1) is 0 Å². The standard InChI is InChI=1S/C11H11Cl2N3/c1-7(14)11-5-15-6-16(11)10-3-2-8(12)4-9(10)13/h2-7H,14H2,1H3/t7-/m0/s1. The first-order chi connectivity index (χ1) is 7.59. The van der Waals surface area contributed by atoms with Gasteiger partial charge >= 0.3 is 0 Å². The molecule has 0 unspecified atom stereocenters. The van der Waals surface area contributed by atoms with Gasteiger partial charge in [0.15, 0.2) is 0 Å². The quantitative estimate of drug-likeness (QED) is 0.896. The molecule has 0 amide bonds.